The molecule has 0 saturated heterocycles. The minimum atomic E-state index is 0.00822. The summed E-state index contributed by atoms with van der Waals surface area (Å²) < 4.78 is 5.49. The number of aromatic nitrogens is 1. The van der Waals surface area contributed by atoms with Gasteiger partial charge in [-0.15, -0.1) is 0 Å². The highest BCUT2D eigenvalue weighted by Gasteiger charge is 2.47. The molecule has 1 aliphatic carbocycles. The van der Waals surface area contributed by atoms with Crippen LogP contribution in [0.15, 0.2) is 71.5 Å². The maximum absolute atomic E-state index is 13.2. The van der Waals surface area contributed by atoms with Crippen LogP contribution in [-0.2, 0) is 17.9 Å². The summed E-state index contributed by atoms with van der Waals surface area (Å²) in [6.45, 7) is 3.21. The highest BCUT2D eigenvalue weighted by Crippen LogP contribution is 2.48. The molecule has 2 heterocycles. The monoisotopic (exact) mass is 346 g/mol. The van der Waals surface area contributed by atoms with Gasteiger partial charge in [0.1, 0.15) is 5.76 Å². The number of carbonyl (C=O) groups excluding carboxylic acids is 1. The van der Waals surface area contributed by atoms with Gasteiger partial charge in [0.25, 0.3) is 0 Å². The Hall–Kier alpha value is -2.88. The summed E-state index contributed by atoms with van der Waals surface area (Å²) in [6, 6.07) is 17.9. The number of aryl methyl sites for hydroxylation is 1. The highest BCUT2D eigenvalue weighted by atomic mass is 16.3. The summed E-state index contributed by atoms with van der Waals surface area (Å²) in [4.78, 5) is 19.5. The van der Waals surface area contributed by atoms with Gasteiger partial charge >= 0.3 is 0 Å². The molecule has 4 rings (SSSR count). The molecule has 26 heavy (non-hydrogen) atoms. The smallest absolute Gasteiger partial charge is 0.227 e. The van der Waals surface area contributed by atoms with Gasteiger partial charge in [0.2, 0.25) is 5.91 Å². The van der Waals surface area contributed by atoms with E-state index < -0.39 is 0 Å². The van der Waals surface area contributed by atoms with E-state index in [1.165, 1.54) is 11.1 Å². The first-order valence-electron chi connectivity index (χ1n) is 8.99. The molecule has 3 aromatic rings. The minimum Gasteiger partial charge on any atom is -0.469 e. The van der Waals surface area contributed by atoms with Crippen LogP contribution >= 0.6 is 0 Å². The van der Waals surface area contributed by atoms with Gasteiger partial charge in [0, 0.05) is 24.6 Å². The fourth-order valence-electron chi connectivity index (χ4n) is 3.41. The number of nitrogens with zero attached hydrogens (tertiary/aromatic N) is 2. The van der Waals surface area contributed by atoms with Gasteiger partial charge in [-0.3, -0.25) is 9.78 Å². The predicted molar refractivity (Wildman–Crippen MR) is 99.2 cm³/mol. The lowest BCUT2D eigenvalue weighted by molar-refractivity contribution is -0.134. The first-order chi connectivity index (χ1) is 12.7. The number of furan rings is 1. The zero-order valence-corrected chi connectivity index (χ0v) is 14.8. The summed E-state index contributed by atoms with van der Waals surface area (Å²) in [5.41, 5.74) is 3.28. The Morgan fingerprint density at radius 2 is 1.96 bits per heavy atom. The lowest BCUT2D eigenvalue weighted by atomic mass is 10.1. The summed E-state index contributed by atoms with van der Waals surface area (Å²) in [5, 5.41) is 0. The Bertz CT molecular complexity index is 874. The van der Waals surface area contributed by atoms with Gasteiger partial charge in [0.15, 0.2) is 0 Å². The molecule has 1 aliphatic rings. The Morgan fingerprint density at radius 1 is 1.12 bits per heavy atom. The van der Waals surface area contributed by atoms with Crippen LogP contribution < -0.4 is 0 Å². The highest BCUT2D eigenvalue weighted by molar-refractivity contribution is 5.82. The zero-order chi connectivity index (χ0) is 17.9. The molecule has 0 unspecified atom stereocenters. The van der Waals surface area contributed by atoms with Crippen LogP contribution in [0.25, 0.3) is 0 Å². The average Bonchev–Trinajstić information content (AvgIpc) is 3.27. The lowest BCUT2D eigenvalue weighted by Gasteiger charge is -2.23. The molecule has 1 amide bonds. The van der Waals surface area contributed by atoms with Crippen molar-refractivity contribution in [3.8, 4) is 0 Å². The summed E-state index contributed by atoms with van der Waals surface area (Å²) in [6.07, 6.45) is 4.31. The van der Waals surface area contributed by atoms with Crippen molar-refractivity contribution in [3.63, 3.8) is 0 Å². The molecule has 1 saturated carbocycles. The molecular formula is C22H22N2O2. The van der Waals surface area contributed by atoms with Crippen molar-refractivity contribution in [1.82, 2.24) is 9.88 Å². The molecular weight excluding hydrogens is 324 g/mol. The lowest BCUT2D eigenvalue weighted by Crippen LogP contribution is -2.32. The molecule has 2 atom stereocenters. The van der Waals surface area contributed by atoms with Crippen molar-refractivity contribution in [1.29, 1.82) is 0 Å². The van der Waals surface area contributed by atoms with Crippen LogP contribution in [0.4, 0.5) is 0 Å². The second kappa shape index (κ2) is 7.16. The van der Waals surface area contributed by atoms with Crippen molar-refractivity contribution in [2.24, 2.45) is 5.92 Å². The third-order valence-corrected chi connectivity index (χ3v) is 5.03. The Labute approximate surface area is 153 Å². The van der Waals surface area contributed by atoms with Crippen molar-refractivity contribution in [2.75, 3.05) is 0 Å². The van der Waals surface area contributed by atoms with E-state index in [1.807, 2.05) is 47.4 Å². The normalized spacial score (nSPS) is 18.5. The van der Waals surface area contributed by atoms with Gasteiger partial charge in [0.05, 0.1) is 18.5 Å². The van der Waals surface area contributed by atoms with Crippen LogP contribution in [0.1, 0.15) is 34.9 Å². The molecule has 2 aromatic heterocycles. The zero-order valence-electron chi connectivity index (χ0n) is 14.8. The van der Waals surface area contributed by atoms with Crippen LogP contribution in [0.5, 0.6) is 0 Å². The second-order valence-corrected chi connectivity index (χ2v) is 6.91. The summed E-state index contributed by atoms with van der Waals surface area (Å²) >= 11 is 0. The third kappa shape index (κ3) is 3.54. The van der Waals surface area contributed by atoms with Gasteiger partial charge in [-0.1, -0.05) is 30.3 Å². The molecule has 4 heteroatoms. The van der Waals surface area contributed by atoms with Crippen LogP contribution in [0.3, 0.4) is 0 Å². The first kappa shape index (κ1) is 16.6. The van der Waals surface area contributed by atoms with E-state index in [9.17, 15) is 4.79 Å². The number of hydrogen-bond donors (Lipinski definition) is 0. The Balaban J connectivity index is 1.54. The molecule has 1 fully saturated rings. The van der Waals surface area contributed by atoms with Gasteiger partial charge in [-0.2, -0.15) is 0 Å². The van der Waals surface area contributed by atoms with Crippen molar-refractivity contribution >= 4 is 5.91 Å². The van der Waals surface area contributed by atoms with Crippen molar-refractivity contribution < 1.29 is 9.21 Å². The molecule has 0 aliphatic heterocycles. The van der Waals surface area contributed by atoms with Crippen molar-refractivity contribution in [2.45, 2.75) is 32.4 Å². The van der Waals surface area contributed by atoms with Crippen LogP contribution in [0.2, 0.25) is 0 Å². The first-order valence-corrected chi connectivity index (χ1v) is 8.99. The van der Waals surface area contributed by atoms with E-state index in [0.717, 1.165) is 17.9 Å². The largest absolute Gasteiger partial charge is 0.469 e. The average molecular weight is 346 g/mol. The molecule has 0 N–H and O–H groups in total. The quantitative estimate of drug-likeness (QED) is 0.668. The van der Waals surface area contributed by atoms with Gasteiger partial charge < -0.3 is 9.32 Å². The van der Waals surface area contributed by atoms with E-state index in [4.69, 9.17) is 4.42 Å². The second-order valence-electron chi connectivity index (χ2n) is 6.91. The van der Waals surface area contributed by atoms with E-state index >= 15 is 0 Å². The molecule has 0 bridgehead atoms. The SMILES string of the molecule is Cc1ccccc1CN(Cc1ccccn1)C(=O)[C@H]1C[C@@H]1c1ccco1. The minimum absolute atomic E-state index is 0.00822. The van der Waals surface area contributed by atoms with E-state index in [1.54, 1.807) is 12.5 Å². The Morgan fingerprint density at radius 3 is 2.69 bits per heavy atom. The summed E-state index contributed by atoms with van der Waals surface area (Å²) in [5.74, 6) is 1.31. The van der Waals surface area contributed by atoms with E-state index in [-0.39, 0.29) is 17.7 Å². The molecule has 0 spiro atoms. The number of hydrogen-bond acceptors (Lipinski definition) is 3. The topological polar surface area (TPSA) is 46.3 Å². The maximum Gasteiger partial charge on any atom is 0.227 e. The van der Waals surface area contributed by atoms with E-state index in [0.29, 0.717) is 13.1 Å². The third-order valence-electron chi connectivity index (χ3n) is 5.03. The Kier molecular flexibility index (Phi) is 4.57. The maximum atomic E-state index is 13.2. The number of pyridine rings is 1. The molecule has 1 aromatic carbocycles. The van der Waals surface area contributed by atoms with Crippen molar-refractivity contribution in [3.05, 3.63) is 89.6 Å². The summed E-state index contributed by atoms with van der Waals surface area (Å²) in [7, 11) is 0. The number of carbonyl (C=O) groups is 1. The number of rotatable bonds is 6. The molecule has 4 nitrogen and oxygen atoms in total. The number of amides is 1. The van der Waals surface area contributed by atoms with Gasteiger partial charge in [-0.05, 0) is 48.7 Å². The molecule has 132 valence electrons. The number of benzene rings is 1. The van der Waals surface area contributed by atoms with Crippen LogP contribution in [0, 0.1) is 12.8 Å². The predicted octanol–water partition coefficient (Wildman–Crippen LogP) is 4.32. The standard InChI is InChI=1S/C22H22N2O2/c1-16-7-2-3-8-17(16)14-24(15-18-9-4-5-11-23-18)22(25)20-13-19(20)21-10-6-12-26-21/h2-12,19-20H,13-15H2,1H3/t19-,20-/m0/s1. The van der Waals surface area contributed by atoms with Gasteiger partial charge in [-0.25, -0.2) is 0 Å². The fourth-order valence-corrected chi connectivity index (χ4v) is 3.41. The fraction of sp³-hybridized carbons (Fsp3) is 0.273. The molecule has 0 radical (unpaired) electrons. The van der Waals surface area contributed by atoms with Crippen LogP contribution in [-0.4, -0.2) is 15.8 Å². The van der Waals surface area contributed by atoms with E-state index in [2.05, 4.69) is 24.0 Å².